The Balaban J connectivity index is 2.26. The maximum atomic E-state index is 9.49. The monoisotopic (exact) mass is 259 g/mol. The standard InChI is InChI=1S/C14H29NO3/c1-13(2,3)18-9-8-17-12-6-5-7-14(10-12,11-16)15-4/h12,15-16H,5-11H2,1-4H3. The van der Waals surface area contributed by atoms with Crippen molar-refractivity contribution in [2.24, 2.45) is 0 Å². The van der Waals surface area contributed by atoms with Gasteiger partial charge in [0.05, 0.1) is 31.5 Å². The van der Waals surface area contributed by atoms with Gasteiger partial charge in [-0.2, -0.15) is 0 Å². The molecule has 2 unspecified atom stereocenters. The number of hydrogen-bond acceptors (Lipinski definition) is 4. The van der Waals surface area contributed by atoms with E-state index in [2.05, 4.69) is 5.32 Å². The molecule has 0 spiro atoms. The minimum Gasteiger partial charge on any atom is -0.394 e. The van der Waals surface area contributed by atoms with Crippen molar-refractivity contribution < 1.29 is 14.6 Å². The number of nitrogens with one attached hydrogen (secondary N) is 1. The highest BCUT2D eigenvalue weighted by atomic mass is 16.5. The van der Waals surface area contributed by atoms with Gasteiger partial charge in [0.2, 0.25) is 0 Å². The molecule has 0 aromatic heterocycles. The Morgan fingerprint density at radius 2 is 2.06 bits per heavy atom. The van der Waals surface area contributed by atoms with Crippen molar-refractivity contribution in [2.75, 3.05) is 26.9 Å². The Labute approximate surface area is 111 Å². The minimum atomic E-state index is -0.145. The van der Waals surface area contributed by atoms with Crippen LogP contribution in [0.2, 0.25) is 0 Å². The largest absolute Gasteiger partial charge is 0.394 e. The van der Waals surface area contributed by atoms with Crippen LogP contribution >= 0.6 is 0 Å². The second-order valence-electron chi connectivity index (χ2n) is 6.24. The molecule has 0 amide bonds. The lowest BCUT2D eigenvalue weighted by atomic mass is 9.81. The van der Waals surface area contributed by atoms with Crippen molar-refractivity contribution in [3.8, 4) is 0 Å². The molecule has 4 nitrogen and oxygen atoms in total. The number of hydrogen-bond donors (Lipinski definition) is 2. The summed E-state index contributed by atoms with van der Waals surface area (Å²) in [5, 5.41) is 12.7. The predicted molar refractivity (Wildman–Crippen MR) is 72.8 cm³/mol. The van der Waals surface area contributed by atoms with Gasteiger partial charge in [0, 0.05) is 5.54 Å². The molecule has 0 aliphatic heterocycles. The fraction of sp³-hybridized carbons (Fsp3) is 1.00. The first-order chi connectivity index (χ1) is 8.41. The number of ether oxygens (including phenoxy) is 2. The van der Waals surface area contributed by atoms with Gasteiger partial charge in [-0.1, -0.05) is 0 Å². The van der Waals surface area contributed by atoms with Crippen LogP contribution in [-0.4, -0.2) is 49.2 Å². The van der Waals surface area contributed by atoms with E-state index in [0.717, 1.165) is 25.7 Å². The van der Waals surface area contributed by atoms with Crippen LogP contribution in [0.5, 0.6) is 0 Å². The smallest absolute Gasteiger partial charge is 0.0707 e. The highest BCUT2D eigenvalue weighted by Gasteiger charge is 2.34. The van der Waals surface area contributed by atoms with Gasteiger partial charge in [0.15, 0.2) is 0 Å². The summed E-state index contributed by atoms with van der Waals surface area (Å²) < 4.78 is 11.5. The van der Waals surface area contributed by atoms with Crippen LogP contribution in [-0.2, 0) is 9.47 Å². The van der Waals surface area contributed by atoms with Crippen LogP contribution in [0.3, 0.4) is 0 Å². The first kappa shape index (κ1) is 15.9. The summed E-state index contributed by atoms with van der Waals surface area (Å²) in [6.45, 7) is 7.59. The summed E-state index contributed by atoms with van der Waals surface area (Å²) in [6, 6.07) is 0. The Hall–Kier alpha value is -0.160. The van der Waals surface area contributed by atoms with Crippen molar-refractivity contribution in [1.82, 2.24) is 5.32 Å². The second-order valence-corrected chi connectivity index (χ2v) is 6.24. The first-order valence-electron chi connectivity index (χ1n) is 6.96. The summed E-state index contributed by atoms with van der Waals surface area (Å²) >= 11 is 0. The van der Waals surface area contributed by atoms with Gasteiger partial charge in [-0.15, -0.1) is 0 Å². The summed E-state index contributed by atoms with van der Waals surface area (Å²) in [5.41, 5.74) is -0.246. The average molecular weight is 259 g/mol. The molecule has 0 heterocycles. The molecular weight excluding hydrogens is 230 g/mol. The van der Waals surface area contributed by atoms with Crippen molar-refractivity contribution >= 4 is 0 Å². The molecule has 1 aliphatic carbocycles. The number of aliphatic hydroxyl groups excluding tert-OH is 1. The molecule has 1 aliphatic rings. The molecule has 0 aromatic carbocycles. The van der Waals surface area contributed by atoms with E-state index >= 15 is 0 Å². The van der Waals surface area contributed by atoms with Crippen LogP contribution < -0.4 is 5.32 Å². The molecule has 2 N–H and O–H groups in total. The molecule has 0 saturated heterocycles. The van der Waals surface area contributed by atoms with Gasteiger partial charge in [-0.3, -0.25) is 0 Å². The fourth-order valence-corrected chi connectivity index (χ4v) is 2.46. The topological polar surface area (TPSA) is 50.7 Å². The lowest BCUT2D eigenvalue weighted by molar-refractivity contribution is -0.0687. The zero-order valence-corrected chi connectivity index (χ0v) is 12.3. The van der Waals surface area contributed by atoms with Gasteiger partial charge in [-0.25, -0.2) is 0 Å². The molecule has 2 atom stereocenters. The van der Waals surface area contributed by atoms with E-state index in [1.54, 1.807) is 0 Å². The minimum absolute atomic E-state index is 0.101. The Bertz CT molecular complexity index is 234. The fourth-order valence-electron chi connectivity index (χ4n) is 2.46. The molecule has 108 valence electrons. The van der Waals surface area contributed by atoms with Gasteiger partial charge in [0.25, 0.3) is 0 Å². The third-order valence-corrected chi connectivity index (χ3v) is 3.60. The third kappa shape index (κ3) is 5.22. The molecule has 1 rings (SSSR count). The average Bonchev–Trinajstić information content (AvgIpc) is 2.34. The zero-order valence-electron chi connectivity index (χ0n) is 12.3. The van der Waals surface area contributed by atoms with Gasteiger partial charge < -0.3 is 19.9 Å². The summed E-state index contributed by atoms with van der Waals surface area (Å²) in [5.74, 6) is 0. The number of rotatable bonds is 6. The highest BCUT2D eigenvalue weighted by molar-refractivity contribution is 4.92. The lowest BCUT2D eigenvalue weighted by Crippen LogP contribution is -2.51. The summed E-state index contributed by atoms with van der Waals surface area (Å²) in [7, 11) is 1.92. The van der Waals surface area contributed by atoms with Crippen LogP contribution in [0.25, 0.3) is 0 Å². The number of likely N-dealkylation sites (N-methyl/N-ethyl adjacent to an activating group) is 1. The maximum Gasteiger partial charge on any atom is 0.0707 e. The van der Waals surface area contributed by atoms with Crippen LogP contribution in [0.15, 0.2) is 0 Å². The van der Waals surface area contributed by atoms with Crippen LogP contribution in [0.1, 0.15) is 46.5 Å². The van der Waals surface area contributed by atoms with E-state index in [-0.39, 0.29) is 23.9 Å². The third-order valence-electron chi connectivity index (χ3n) is 3.60. The Kier molecular flexibility index (Phi) is 6.05. The van der Waals surface area contributed by atoms with E-state index in [1.807, 2.05) is 27.8 Å². The quantitative estimate of drug-likeness (QED) is 0.713. The Morgan fingerprint density at radius 3 is 2.61 bits per heavy atom. The van der Waals surface area contributed by atoms with Gasteiger partial charge >= 0.3 is 0 Å². The van der Waals surface area contributed by atoms with Gasteiger partial charge in [0.1, 0.15) is 0 Å². The molecule has 4 heteroatoms. The van der Waals surface area contributed by atoms with Crippen molar-refractivity contribution in [3.63, 3.8) is 0 Å². The van der Waals surface area contributed by atoms with E-state index < -0.39 is 0 Å². The van der Waals surface area contributed by atoms with E-state index in [9.17, 15) is 5.11 Å². The molecular formula is C14H29NO3. The van der Waals surface area contributed by atoms with E-state index in [0.29, 0.717) is 13.2 Å². The first-order valence-corrected chi connectivity index (χ1v) is 6.96. The zero-order chi connectivity index (χ0) is 13.6. The summed E-state index contributed by atoms with van der Waals surface area (Å²) in [6.07, 6.45) is 4.33. The molecule has 18 heavy (non-hydrogen) atoms. The Morgan fingerprint density at radius 1 is 1.33 bits per heavy atom. The van der Waals surface area contributed by atoms with Gasteiger partial charge in [-0.05, 0) is 53.5 Å². The lowest BCUT2D eigenvalue weighted by Gasteiger charge is -2.39. The molecule has 0 bridgehead atoms. The molecule has 1 fully saturated rings. The molecule has 0 radical (unpaired) electrons. The number of aliphatic hydroxyl groups is 1. The van der Waals surface area contributed by atoms with E-state index in [1.165, 1.54) is 0 Å². The highest BCUT2D eigenvalue weighted by Crippen LogP contribution is 2.29. The molecule has 0 aromatic rings. The summed E-state index contributed by atoms with van der Waals surface area (Å²) in [4.78, 5) is 0. The van der Waals surface area contributed by atoms with Crippen molar-refractivity contribution in [1.29, 1.82) is 0 Å². The normalized spacial score (nSPS) is 29.5. The van der Waals surface area contributed by atoms with E-state index in [4.69, 9.17) is 9.47 Å². The second kappa shape index (κ2) is 6.85. The maximum absolute atomic E-state index is 9.49. The van der Waals surface area contributed by atoms with Crippen LogP contribution in [0, 0.1) is 0 Å². The predicted octanol–water partition coefficient (Wildman–Crippen LogP) is 1.71. The van der Waals surface area contributed by atoms with Crippen molar-refractivity contribution in [2.45, 2.75) is 63.7 Å². The van der Waals surface area contributed by atoms with Crippen molar-refractivity contribution in [3.05, 3.63) is 0 Å². The SMILES string of the molecule is CNC1(CO)CCCC(OCCOC(C)(C)C)C1. The molecule has 1 saturated carbocycles. The van der Waals surface area contributed by atoms with Crippen LogP contribution in [0.4, 0.5) is 0 Å².